The normalized spacial score (nSPS) is 10.7. The monoisotopic (exact) mass is 263 g/mol. The number of fused-ring (bicyclic) bond motifs is 1. The molecule has 0 aromatic heterocycles. The van der Waals surface area contributed by atoms with E-state index in [0.717, 1.165) is 27.6 Å². The maximum atomic E-state index is 10.2. The van der Waals surface area contributed by atoms with E-state index in [-0.39, 0.29) is 0 Å². The van der Waals surface area contributed by atoms with Crippen molar-refractivity contribution in [2.24, 2.45) is 0 Å². The third kappa shape index (κ3) is 2.10. The molecule has 3 aromatic rings. The smallest absolute Gasteiger partial charge is 0.124 e. The molecule has 0 bridgehead atoms. The highest BCUT2D eigenvalue weighted by Crippen LogP contribution is 2.36. The van der Waals surface area contributed by atoms with Crippen LogP contribution in [-0.2, 0) is 0 Å². The molecule has 0 amide bonds. The van der Waals surface area contributed by atoms with Gasteiger partial charge in [0.2, 0.25) is 0 Å². The quantitative estimate of drug-likeness (QED) is 0.746. The number of hydrogen-bond acceptors (Lipinski definition) is 2. The lowest BCUT2D eigenvalue weighted by Gasteiger charge is -2.14. The molecule has 0 aliphatic rings. The second-order valence-corrected chi connectivity index (χ2v) is 5.12. The van der Waals surface area contributed by atoms with Gasteiger partial charge in [0.1, 0.15) is 5.75 Å². The molecule has 0 aliphatic carbocycles. The minimum absolute atomic E-state index is 0.321. The van der Waals surface area contributed by atoms with Crippen molar-refractivity contribution in [3.8, 4) is 16.9 Å². The highest BCUT2D eigenvalue weighted by molar-refractivity contribution is 5.99. The van der Waals surface area contributed by atoms with Crippen molar-refractivity contribution in [2.75, 3.05) is 19.0 Å². The van der Waals surface area contributed by atoms with Crippen LogP contribution in [0.3, 0.4) is 0 Å². The van der Waals surface area contributed by atoms with Gasteiger partial charge in [-0.3, -0.25) is 0 Å². The van der Waals surface area contributed by atoms with Gasteiger partial charge in [0.15, 0.2) is 0 Å². The first-order chi connectivity index (χ1) is 9.66. The van der Waals surface area contributed by atoms with Crippen LogP contribution in [-0.4, -0.2) is 19.2 Å². The van der Waals surface area contributed by atoms with E-state index >= 15 is 0 Å². The van der Waals surface area contributed by atoms with Crippen molar-refractivity contribution in [2.45, 2.75) is 0 Å². The number of benzene rings is 3. The zero-order valence-electron chi connectivity index (χ0n) is 11.7. The maximum Gasteiger partial charge on any atom is 0.124 e. The number of rotatable bonds is 2. The first-order valence-electron chi connectivity index (χ1n) is 6.65. The summed E-state index contributed by atoms with van der Waals surface area (Å²) >= 11 is 0. The Labute approximate surface area is 118 Å². The Hall–Kier alpha value is -2.48. The topological polar surface area (TPSA) is 23.5 Å². The van der Waals surface area contributed by atoms with Crippen molar-refractivity contribution in [3.05, 3.63) is 60.7 Å². The van der Waals surface area contributed by atoms with Gasteiger partial charge in [-0.25, -0.2) is 0 Å². The van der Waals surface area contributed by atoms with Crippen molar-refractivity contribution >= 4 is 16.5 Å². The van der Waals surface area contributed by atoms with Gasteiger partial charge in [-0.05, 0) is 34.5 Å². The molecule has 0 radical (unpaired) electrons. The number of nitrogens with zero attached hydrogens (tertiary/aromatic N) is 1. The van der Waals surface area contributed by atoms with E-state index in [9.17, 15) is 5.11 Å². The predicted molar refractivity (Wildman–Crippen MR) is 85.4 cm³/mol. The fourth-order valence-electron chi connectivity index (χ4n) is 2.49. The van der Waals surface area contributed by atoms with Crippen LogP contribution in [0.25, 0.3) is 21.9 Å². The molecule has 1 N–H and O–H groups in total. The van der Waals surface area contributed by atoms with Crippen molar-refractivity contribution in [1.82, 2.24) is 0 Å². The van der Waals surface area contributed by atoms with Crippen molar-refractivity contribution < 1.29 is 5.11 Å². The molecule has 0 saturated carbocycles. The lowest BCUT2D eigenvalue weighted by molar-refractivity contribution is 0.478. The SMILES string of the molecule is CN(C)c1ccc(-c2c(O)ccc3ccccc23)cc1. The number of hydrogen-bond donors (Lipinski definition) is 1. The summed E-state index contributed by atoms with van der Waals surface area (Å²) in [7, 11) is 4.04. The van der Waals surface area contributed by atoms with Gasteiger partial charge in [0, 0.05) is 25.3 Å². The number of aromatic hydroxyl groups is 1. The van der Waals surface area contributed by atoms with Crippen LogP contribution in [0.4, 0.5) is 5.69 Å². The summed E-state index contributed by atoms with van der Waals surface area (Å²) in [6, 6.07) is 20.1. The van der Waals surface area contributed by atoms with Crippen LogP contribution >= 0.6 is 0 Å². The molecule has 0 aliphatic heterocycles. The second kappa shape index (κ2) is 4.89. The minimum Gasteiger partial charge on any atom is -0.507 e. The summed E-state index contributed by atoms with van der Waals surface area (Å²) < 4.78 is 0. The summed E-state index contributed by atoms with van der Waals surface area (Å²) in [5.74, 6) is 0.321. The molecular weight excluding hydrogens is 246 g/mol. The fourth-order valence-corrected chi connectivity index (χ4v) is 2.49. The van der Waals surface area contributed by atoms with Crippen LogP contribution in [0.5, 0.6) is 5.75 Å². The van der Waals surface area contributed by atoms with Crippen molar-refractivity contribution in [3.63, 3.8) is 0 Å². The molecule has 2 nitrogen and oxygen atoms in total. The number of anilines is 1. The molecular formula is C18H17NO. The van der Waals surface area contributed by atoms with Crippen LogP contribution in [0.1, 0.15) is 0 Å². The molecule has 3 aromatic carbocycles. The fraction of sp³-hybridized carbons (Fsp3) is 0.111. The minimum atomic E-state index is 0.321. The highest BCUT2D eigenvalue weighted by Gasteiger charge is 2.09. The molecule has 0 fully saturated rings. The molecule has 2 heteroatoms. The second-order valence-electron chi connectivity index (χ2n) is 5.12. The van der Waals surface area contributed by atoms with Gasteiger partial charge in [-0.1, -0.05) is 42.5 Å². The first kappa shape index (κ1) is 12.5. The Kier molecular flexibility index (Phi) is 3.07. The van der Waals surface area contributed by atoms with E-state index < -0.39 is 0 Å². The van der Waals surface area contributed by atoms with Crippen LogP contribution in [0, 0.1) is 0 Å². The van der Waals surface area contributed by atoms with E-state index in [2.05, 4.69) is 35.2 Å². The van der Waals surface area contributed by atoms with Crippen LogP contribution in [0.15, 0.2) is 60.7 Å². The Bertz CT molecular complexity index is 745. The molecule has 3 rings (SSSR count). The van der Waals surface area contributed by atoms with E-state index in [4.69, 9.17) is 0 Å². The van der Waals surface area contributed by atoms with E-state index in [1.165, 1.54) is 0 Å². The molecule has 100 valence electrons. The molecule has 0 heterocycles. The van der Waals surface area contributed by atoms with Crippen LogP contribution in [0.2, 0.25) is 0 Å². The summed E-state index contributed by atoms with van der Waals surface area (Å²) in [5, 5.41) is 12.4. The molecule has 0 unspecified atom stereocenters. The summed E-state index contributed by atoms with van der Waals surface area (Å²) in [6.45, 7) is 0. The Morgan fingerprint density at radius 2 is 1.50 bits per heavy atom. The van der Waals surface area contributed by atoms with Gasteiger partial charge in [-0.2, -0.15) is 0 Å². The predicted octanol–water partition coefficient (Wildman–Crippen LogP) is 4.28. The lowest BCUT2D eigenvalue weighted by Crippen LogP contribution is -2.07. The average Bonchev–Trinajstić information content (AvgIpc) is 2.47. The van der Waals surface area contributed by atoms with Gasteiger partial charge in [0.25, 0.3) is 0 Å². The Morgan fingerprint density at radius 3 is 2.20 bits per heavy atom. The number of phenols is 1. The molecule has 20 heavy (non-hydrogen) atoms. The first-order valence-corrected chi connectivity index (χ1v) is 6.65. The van der Waals surface area contributed by atoms with Crippen LogP contribution < -0.4 is 4.90 Å². The zero-order chi connectivity index (χ0) is 14.1. The van der Waals surface area contributed by atoms with Gasteiger partial charge < -0.3 is 10.0 Å². The van der Waals surface area contributed by atoms with E-state index in [0.29, 0.717) is 5.75 Å². The Balaban J connectivity index is 2.20. The summed E-state index contributed by atoms with van der Waals surface area (Å²) in [6.07, 6.45) is 0. The van der Waals surface area contributed by atoms with Gasteiger partial charge >= 0.3 is 0 Å². The maximum absolute atomic E-state index is 10.2. The molecule has 0 atom stereocenters. The third-order valence-electron chi connectivity index (χ3n) is 3.58. The van der Waals surface area contributed by atoms with Gasteiger partial charge in [-0.15, -0.1) is 0 Å². The Morgan fingerprint density at radius 1 is 0.800 bits per heavy atom. The lowest BCUT2D eigenvalue weighted by atomic mass is 9.97. The highest BCUT2D eigenvalue weighted by atomic mass is 16.3. The largest absolute Gasteiger partial charge is 0.507 e. The molecule has 0 saturated heterocycles. The summed E-state index contributed by atoms with van der Waals surface area (Å²) in [4.78, 5) is 2.06. The van der Waals surface area contributed by atoms with Crippen molar-refractivity contribution in [1.29, 1.82) is 0 Å². The average molecular weight is 263 g/mol. The number of phenolic OH excluding ortho intramolecular Hbond substituents is 1. The van der Waals surface area contributed by atoms with Gasteiger partial charge in [0.05, 0.1) is 0 Å². The van der Waals surface area contributed by atoms with E-state index in [1.807, 2.05) is 38.4 Å². The standard InChI is InChI=1S/C18H17NO/c1-19(2)15-10-7-14(8-11-15)18-16-6-4-3-5-13(16)9-12-17(18)20/h3-12,20H,1-2H3. The van der Waals surface area contributed by atoms with E-state index in [1.54, 1.807) is 6.07 Å². The molecule has 0 spiro atoms. The summed E-state index contributed by atoms with van der Waals surface area (Å²) in [5.41, 5.74) is 3.08. The zero-order valence-corrected chi connectivity index (χ0v) is 11.7. The third-order valence-corrected chi connectivity index (χ3v) is 3.58.